The number of anilines is 2. The number of nitrogen functional groups attached to an aromatic ring is 1. The average Bonchev–Trinajstić information content (AvgIpc) is 3.29. The molecule has 0 aromatic carbocycles. The summed E-state index contributed by atoms with van der Waals surface area (Å²) in [7, 11) is 0. The van der Waals surface area contributed by atoms with Crippen molar-refractivity contribution >= 4 is 11.6 Å². The van der Waals surface area contributed by atoms with E-state index in [-0.39, 0.29) is 0 Å². The molecule has 2 unspecified atom stereocenters. The van der Waals surface area contributed by atoms with Gasteiger partial charge >= 0.3 is 0 Å². The summed E-state index contributed by atoms with van der Waals surface area (Å²) >= 11 is 0. The predicted molar refractivity (Wildman–Crippen MR) is 84.8 cm³/mol. The summed E-state index contributed by atoms with van der Waals surface area (Å²) in [6.07, 6.45) is 6.11. The van der Waals surface area contributed by atoms with Gasteiger partial charge in [-0.15, -0.1) is 0 Å². The van der Waals surface area contributed by atoms with Crippen molar-refractivity contribution in [3.05, 3.63) is 11.4 Å². The Morgan fingerprint density at radius 2 is 1.67 bits per heavy atom. The van der Waals surface area contributed by atoms with E-state index in [0.717, 1.165) is 23.0 Å². The van der Waals surface area contributed by atoms with Crippen molar-refractivity contribution in [2.24, 2.45) is 5.84 Å². The van der Waals surface area contributed by atoms with Crippen LogP contribution >= 0.6 is 0 Å². The summed E-state index contributed by atoms with van der Waals surface area (Å²) in [5.74, 6) is 8.65. The highest BCUT2D eigenvalue weighted by Crippen LogP contribution is 2.39. The molecule has 116 valence electrons. The third kappa shape index (κ3) is 2.96. The van der Waals surface area contributed by atoms with E-state index in [4.69, 9.17) is 10.8 Å². The van der Waals surface area contributed by atoms with E-state index in [2.05, 4.69) is 34.7 Å². The van der Waals surface area contributed by atoms with Gasteiger partial charge in [-0.1, -0.05) is 6.42 Å². The standard InChI is InChI=1S/C15H26N6/c1-9-5-4-6-10(2)21(9)20-14-11(3)13(19-16)17-15(18-14)12-7-8-12/h9-10,12H,4-8,16H2,1-3H3,(H2,17,18,19,20). The van der Waals surface area contributed by atoms with Gasteiger partial charge in [0.15, 0.2) is 0 Å². The molecule has 0 amide bonds. The molecule has 0 bridgehead atoms. The summed E-state index contributed by atoms with van der Waals surface area (Å²) in [6.45, 7) is 6.54. The van der Waals surface area contributed by atoms with Crippen LogP contribution in [0.2, 0.25) is 0 Å². The fourth-order valence-electron chi connectivity index (χ4n) is 3.07. The molecule has 4 N–H and O–H groups in total. The number of nitrogens with zero attached hydrogens (tertiary/aromatic N) is 3. The van der Waals surface area contributed by atoms with Crippen molar-refractivity contribution in [1.82, 2.24) is 15.0 Å². The SMILES string of the molecule is Cc1c(NN)nc(C2CC2)nc1NN1C(C)CCCC1C. The van der Waals surface area contributed by atoms with E-state index in [1.54, 1.807) is 0 Å². The van der Waals surface area contributed by atoms with Gasteiger partial charge in [0.25, 0.3) is 0 Å². The zero-order chi connectivity index (χ0) is 15.0. The van der Waals surface area contributed by atoms with Crippen LogP contribution in [-0.2, 0) is 0 Å². The predicted octanol–water partition coefficient (Wildman–Crippen LogP) is 2.54. The lowest BCUT2D eigenvalue weighted by atomic mass is 10.00. The summed E-state index contributed by atoms with van der Waals surface area (Å²) < 4.78 is 0. The molecule has 1 saturated heterocycles. The molecule has 2 atom stereocenters. The van der Waals surface area contributed by atoms with Crippen LogP contribution in [0.15, 0.2) is 0 Å². The molecular formula is C15H26N6. The van der Waals surface area contributed by atoms with Crippen molar-refractivity contribution in [3.63, 3.8) is 0 Å². The molecule has 1 aliphatic heterocycles. The second-order valence-electron chi connectivity index (χ2n) is 6.47. The lowest BCUT2D eigenvalue weighted by Crippen LogP contribution is -2.47. The third-order valence-electron chi connectivity index (χ3n) is 4.67. The van der Waals surface area contributed by atoms with E-state index < -0.39 is 0 Å². The number of hydrogen-bond donors (Lipinski definition) is 3. The molecule has 1 aromatic rings. The maximum absolute atomic E-state index is 5.62. The molecule has 6 nitrogen and oxygen atoms in total. The highest BCUT2D eigenvalue weighted by Gasteiger charge is 2.30. The minimum absolute atomic E-state index is 0.509. The molecule has 6 heteroatoms. The van der Waals surface area contributed by atoms with Crippen molar-refractivity contribution in [2.45, 2.75) is 70.9 Å². The van der Waals surface area contributed by atoms with Gasteiger partial charge in [0.1, 0.15) is 17.5 Å². The van der Waals surface area contributed by atoms with E-state index in [9.17, 15) is 0 Å². The molecule has 0 radical (unpaired) electrons. The van der Waals surface area contributed by atoms with Crippen molar-refractivity contribution in [2.75, 3.05) is 10.9 Å². The maximum Gasteiger partial charge on any atom is 0.149 e. The van der Waals surface area contributed by atoms with Crippen LogP contribution < -0.4 is 16.7 Å². The molecule has 21 heavy (non-hydrogen) atoms. The number of nitrogens with two attached hydrogens (primary N) is 1. The largest absolute Gasteiger partial charge is 0.308 e. The van der Waals surface area contributed by atoms with Gasteiger partial charge in [0, 0.05) is 23.6 Å². The lowest BCUT2D eigenvalue weighted by molar-refractivity contribution is 0.135. The second kappa shape index (κ2) is 5.77. The zero-order valence-corrected chi connectivity index (χ0v) is 13.2. The van der Waals surface area contributed by atoms with Crippen LogP contribution in [0, 0.1) is 6.92 Å². The molecular weight excluding hydrogens is 264 g/mol. The van der Waals surface area contributed by atoms with Gasteiger partial charge in [0.05, 0.1) is 0 Å². The zero-order valence-electron chi connectivity index (χ0n) is 13.2. The normalized spacial score (nSPS) is 26.7. The van der Waals surface area contributed by atoms with Gasteiger partial charge < -0.3 is 10.9 Å². The molecule has 1 saturated carbocycles. The minimum atomic E-state index is 0.509. The Kier molecular flexibility index (Phi) is 3.99. The summed E-state index contributed by atoms with van der Waals surface area (Å²) in [4.78, 5) is 9.29. The van der Waals surface area contributed by atoms with E-state index in [0.29, 0.717) is 18.0 Å². The van der Waals surface area contributed by atoms with Crippen molar-refractivity contribution in [3.8, 4) is 0 Å². The van der Waals surface area contributed by atoms with Crippen LogP contribution in [0.3, 0.4) is 0 Å². The van der Waals surface area contributed by atoms with Gasteiger partial charge in [-0.05, 0) is 46.5 Å². The summed E-state index contributed by atoms with van der Waals surface area (Å²) in [6, 6.07) is 1.03. The Hall–Kier alpha value is -1.40. The highest BCUT2D eigenvalue weighted by molar-refractivity contribution is 5.56. The first-order chi connectivity index (χ1) is 10.1. The molecule has 3 rings (SSSR count). The van der Waals surface area contributed by atoms with Gasteiger partial charge in [-0.3, -0.25) is 0 Å². The van der Waals surface area contributed by atoms with Crippen LogP contribution in [0.4, 0.5) is 11.6 Å². The Balaban J connectivity index is 1.87. The fraction of sp³-hybridized carbons (Fsp3) is 0.733. The first kappa shape index (κ1) is 14.5. The topological polar surface area (TPSA) is 79.1 Å². The first-order valence-electron chi connectivity index (χ1n) is 8.00. The Morgan fingerprint density at radius 1 is 1.05 bits per heavy atom. The van der Waals surface area contributed by atoms with E-state index >= 15 is 0 Å². The minimum Gasteiger partial charge on any atom is -0.308 e. The van der Waals surface area contributed by atoms with E-state index in [1.807, 2.05) is 6.92 Å². The molecule has 2 aliphatic rings. The Labute approximate surface area is 126 Å². The van der Waals surface area contributed by atoms with Gasteiger partial charge in [-0.2, -0.15) is 0 Å². The van der Waals surface area contributed by atoms with Crippen LogP contribution in [0.25, 0.3) is 0 Å². The van der Waals surface area contributed by atoms with Crippen molar-refractivity contribution < 1.29 is 0 Å². The van der Waals surface area contributed by atoms with E-state index in [1.165, 1.54) is 32.1 Å². The van der Waals surface area contributed by atoms with Gasteiger partial charge in [0.2, 0.25) is 0 Å². The number of piperidine rings is 1. The number of hydrazine groups is 2. The van der Waals surface area contributed by atoms with Crippen LogP contribution in [0.1, 0.15) is 63.3 Å². The molecule has 1 aromatic heterocycles. The van der Waals surface area contributed by atoms with Crippen molar-refractivity contribution in [1.29, 1.82) is 0 Å². The van der Waals surface area contributed by atoms with Crippen LogP contribution in [-0.4, -0.2) is 27.1 Å². The maximum atomic E-state index is 5.62. The highest BCUT2D eigenvalue weighted by atomic mass is 15.5. The van der Waals surface area contributed by atoms with Crippen LogP contribution in [0.5, 0.6) is 0 Å². The Morgan fingerprint density at radius 3 is 2.24 bits per heavy atom. The second-order valence-corrected chi connectivity index (χ2v) is 6.47. The quantitative estimate of drug-likeness (QED) is 0.584. The fourth-order valence-corrected chi connectivity index (χ4v) is 3.07. The lowest BCUT2D eigenvalue weighted by Gasteiger charge is -2.39. The summed E-state index contributed by atoms with van der Waals surface area (Å²) in [5.41, 5.74) is 7.22. The number of hydrogen-bond acceptors (Lipinski definition) is 6. The molecule has 2 fully saturated rings. The average molecular weight is 290 g/mol. The first-order valence-corrected chi connectivity index (χ1v) is 8.00. The Bertz CT molecular complexity index is 503. The van der Waals surface area contributed by atoms with Gasteiger partial charge in [-0.25, -0.2) is 20.8 Å². The monoisotopic (exact) mass is 290 g/mol. The number of aromatic nitrogens is 2. The third-order valence-corrected chi connectivity index (χ3v) is 4.67. The number of nitrogens with one attached hydrogen (secondary N) is 2. The number of rotatable bonds is 4. The molecule has 2 heterocycles. The molecule has 1 aliphatic carbocycles. The smallest absolute Gasteiger partial charge is 0.149 e. The molecule has 0 spiro atoms. The summed E-state index contributed by atoms with van der Waals surface area (Å²) in [5, 5.41) is 2.33.